The van der Waals surface area contributed by atoms with Gasteiger partial charge in [-0.2, -0.15) is 13.2 Å². The van der Waals surface area contributed by atoms with Crippen molar-refractivity contribution in [1.82, 2.24) is 5.32 Å². The van der Waals surface area contributed by atoms with Gasteiger partial charge < -0.3 is 10.1 Å². The zero-order valence-corrected chi connectivity index (χ0v) is 8.87. The van der Waals surface area contributed by atoms with Crippen LogP contribution in [-0.2, 0) is 6.18 Å². The number of hydrogen-bond acceptors (Lipinski definition) is 3. The van der Waals surface area contributed by atoms with E-state index in [1.165, 1.54) is 12.1 Å². The molecule has 0 aliphatic carbocycles. The molecule has 1 unspecified atom stereocenters. The van der Waals surface area contributed by atoms with Gasteiger partial charge in [0, 0.05) is 0 Å². The van der Waals surface area contributed by atoms with Crippen molar-refractivity contribution >= 4 is 6.34 Å². The Morgan fingerprint density at radius 2 is 2.00 bits per heavy atom. The minimum Gasteiger partial charge on any atom is -0.491 e. The quantitative estimate of drug-likeness (QED) is 0.883. The van der Waals surface area contributed by atoms with E-state index >= 15 is 0 Å². The van der Waals surface area contributed by atoms with Crippen LogP contribution in [-0.4, -0.2) is 25.5 Å². The van der Waals surface area contributed by atoms with Gasteiger partial charge in [-0.25, -0.2) is 0 Å². The smallest absolute Gasteiger partial charge is 0.416 e. The number of halogens is 3. The van der Waals surface area contributed by atoms with Gasteiger partial charge in [0.1, 0.15) is 12.4 Å². The van der Waals surface area contributed by atoms with Crippen molar-refractivity contribution < 1.29 is 17.9 Å². The molecule has 0 amide bonds. The molecule has 92 valence electrons. The molecule has 1 aliphatic rings. The monoisotopic (exact) mass is 244 g/mol. The van der Waals surface area contributed by atoms with Gasteiger partial charge in [-0.05, 0) is 24.3 Å². The van der Waals surface area contributed by atoms with Crippen molar-refractivity contribution in [3.8, 4) is 5.75 Å². The second-order valence-electron chi connectivity index (χ2n) is 3.69. The highest BCUT2D eigenvalue weighted by Crippen LogP contribution is 2.30. The molecule has 2 rings (SSSR count). The third-order valence-corrected chi connectivity index (χ3v) is 2.36. The number of alkyl halides is 3. The Morgan fingerprint density at radius 1 is 1.29 bits per heavy atom. The Hall–Kier alpha value is -1.72. The summed E-state index contributed by atoms with van der Waals surface area (Å²) in [5, 5.41) is 2.97. The number of hydrogen-bond donors (Lipinski definition) is 1. The number of nitrogens with one attached hydrogen (secondary N) is 1. The van der Waals surface area contributed by atoms with Crippen molar-refractivity contribution in [3.05, 3.63) is 29.8 Å². The standard InChI is InChI=1S/C11H11F3N2O/c12-11(13,14)8-1-3-10(4-2-8)17-6-9-5-15-7-16-9/h1-4,7,9H,5-6H2,(H,15,16). The molecule has 0 spiro atoms. The van der Waals surface area contributed by atoms with Gasteiger partial charge in [0.15, 0.2) is 0 Å². The largest absolute Gasteiger partial charge is 0.491 e. The van der Waals surface area contributed by atoms with E-state index in [-0.39, 0.29) is 6.04 Å². The minimum atomic E-state index is -4.31. The van der Waals surface area contributed by atoms with Crippen molar-refractivity contribution in [2.75, 3.05) is 13.2 Å². The first-order valence-corrected chi connectivity index (χ1v) is 5.10. The van der Waals surface area contributed by atoms with Crippen LogP contribution in [0.2, 0.25) is 0 Å². The topological polar surface area (TPSA) is 33.6 Å². The molecule has 0 fully saturated rings. The fraction of sp³-hybridized carbons (Fsp3) is 0.364. The lowest BCUT2D eigenvalue weighted by Crippen LogP contribution is -2.31. The molecular formula is C11H11F3N2O. The Balaban J connectivity index is 1.89. The first-order valence-electron chi connectivity index (χ1n) is 5.10. The first kappa shape index (κ1) is 11.8. The van der Waals surface area contributed by atoms with Crippen molar-refractivity contribution in [3.63, 3.8) is 0 Å². The predicted octanol–water partition coefficient (Wildman–Crippen LogP) is 2.08. The van der Waals surface area contributed by atoms with E-state index in [1.54, 1.807) is 6.34 Å². The molecule has 1 N–H and O–H groups in total. The summed E-state index contributed by atoms with van der Waals surface area (Å²) in [6.07, 6.45) is -2.71. The van der Waals surface area contributed by atoms with E-state index < -0.39 is 11.7 Å². The van der Waals surface area contributed by atoms with Gasteiger partial charge in [-0.1, -0.05) is 0 Å². The van der Waals surface area contributed by atoms with Crippen molar-refractivity contribution in [2.45, 2.75) is 12.2 Å². The number of nitrogens with zero attached hydrogens (tertiary/aromatic N) is 1. The molecular weight excluding hydrogens is 233 g/mol. The van der Waals surface area contributed by atoms with Gasteiger partial charge in [0.05, 0.1) is 24.5 Å². The van der Waals surface area contributed by atoms with Crippen LogP contribution in [0.3, 0.4) is 0 Å². The van der Waals surface area contributed by atoms with Gasteiger partial charge in [0.2, 0.25) is 0 Å². The Bertz CT molecular complexity index is 392. The number of aliphatic imine (C=N–C) groups is 1. The summed E-state index contributed by atoms with van der Waals surface area (Å²) in [6, 6.07) is 4.75. The van der Waals surface area contributed by atoms with Gasteiger partial charge in [0.25, 0.3) is 0 Å². The molecule has 0 aromatic heterocycles. The normalized spacial score (nSPS) is 19.1. The lowest BCUT2D eigenvalue weighted by atomic mass is 10.2. The van der Waals surface area contributed by atoms with Crippen molar-refractivity contribution in [1.29, 1.82) is 0 Å². The number of rotatable bonds is 3. The third kappa shape index (κ3) is 3.12. The van der Waals surface area contributed by atoms with E-state index in [0.717, 1.165) is 12.1 Å². The number of ether oxygens (including phenoxy) is 1. The van der Waals surface area contributed by atoms with Crippen LogP contribution in [0.15, 0.2) is 29.3 Å². The maximum absolute atomic E-state index is 12.3. The molecule has 1 aliphatic heterocycles. The fourth-order valence-corrected chi connectivity index (χ4v) is 1.43. The highest BCUT2D eigenvalue weighted by Gasteiger charge is 2.30. The van der Waals surface area contributed by atoms with Crippen LogP contribution in [0.5, 0.6) is 5.75 Å². The third-order valence-electron chi connectivity index (χ3n) is 2.36. The summed E-state index contributed by atoms with van der Waals surface area (Å²) in [6.45, 7) is 1.01. The summed E-state index contributed by atoms with van der Waals surface area (Å²) >= 11 is 0. The maximum Gasteiger partial charge on any atom is 0.416 e. The maximum atomic E-state index is 12.3. The van der Waals surface area contributed by atoms with Crippen LogP contribution in [0.1, 0.15) is 5.56 Å². The van der Waals surface area contributed by atoms with E-state index in [2.05, 4.69) is 10.3 Å². The summed E-state index contributed by atoms with van der Waals surface area (Å²) in [5.41, 5.74) is -0.674. The minimum absolute atomic E-state index is 0.0947. The first-order chi connectivity index (χ1) is 8.05. The highest BCUT2D eigenvalue weighted by atomic mass is 19.4. The van der Waals surface area contributed by atoms with Gasteiger partial charge >= 0.3 is 6.18 Å². The fourth-order valence-electron chi connectivity index (χ4n) is 1.43. The van der Waals surface area contributed by atoms with Crippen LogP contribution in [0.4, 0.5) is 13.2 Å². The van der Waals surface area contributed by atoms with Crippen LogP contribution in [0, 0.1) is 0 Å². The second kappa shape index (κ2) is 4.65. The average molecular weight is 244 g/mol. The zero-order chi connectivity index (χ0) is 12.3. The summed E-state index contributed by atoms with van der Waals surface area (Å²) < 4.78 is 42.2. The van der Waals surface area contributed by atoms with Gasteiger partial charge in [-0.3, -0.25) is 4.99 Å². The Labute approximate surface area is 96.3 Å². The lowest BCUT2D eigenvalue weighted by Gasteiger charge is -2.12. The molecule has 1 aromatic rings. The average Bonchev–Trinajstić information content (AvgIpc) is 2.78. The molecule has 0 bridgehead atoms. The molecule has 6 heteroatoms. The molecule has 1 atom stereocenters. The summed E-state index contributed by atoms with van der Waals surface area (Å²) in [5.74, 6) is 0.423. The van der Waals surface area contributed by atoms with E-state index in [1.807, 2.05) is 0 Å². The predicted molar refractivity (Wildman–Crippen MR) is 57.2 cm³/mol. The van der Waals surface area contributed by atoms with Crippen LogP contribution < -0.4 is 10.1 Å². The highest BCUT2D eigenvalue weighted by molar-refractivity contribution is 5.57. The van der Waals surface area contributed by atoms with Crippen molar-refractivity contribution in [2.24, 2.45) is 4.99 Å². The summed E-state index contributed by atoms with van der Waals surface area (Å²) in [4.78, 5) is 3.96. The van der Waals surface area contributed by atoms with Crippen LogP contribution in [0.25, 0.3) is 0 Å². The molecule has 0 radical (unpaired) electrons. The zero-order valence-electron chi connectivity index (χ0n) is 8.87. The lowest BCUT2D eigenvalue weighted by molar-refractivity contribution is -0.137. The molecule has 0 saturated heterocycles. The molecule has 17 heavy (non-hydrogen) atoms. The van der Waals surface area contributed by atoms with Gasteiger partial charge in [-0.15, -0.1) is 0 Å². The number of benzene rings is 1. The molecule has 0 saturated carbocycles. The summed E-state index contributed by atoms with van der Waals surface area (Å²) in [7, 11) is 0. The Morgan fingerprint density at radius 3 is 2.53 bits per heavy atom. The van der Waals surface area contributed by atoms with Crippen LogP contribution >= 0.6 is 0 Å². The van der Waals surface area contributed by atoms with E-state index in [4.69, 9.17) is 4.74 Å². The SMILES string of the molecule is FC(F)(F)c1ccc(OCC2CN=CN2)cc1. The molecule has 1 heterocycles. The van der Waals surface area contributed by atoms with E-state index in [0.29, 0.717) is 18.9 Å². The molecule has 3 nitrogen and oxygen atoms in total. The Kier molecular flexibility index (Phi) is 3.21. The van der Waals surface area contributed by atoms with E-state index in [9.17, 15) is 13.2 Å². The second-order valence-corrected chi connectivity index (χ2v) is 3.69. The molecule has 1 aromatic carbocycles.